The summed E-state index contributed by atoms with van der Waals surface area (Å²) in [6.45, 7) is 2.04. The summed E-state index contributed by atoms with van der Waals surface area (Å²) in [6, 6.07) is 4.30. The van der Waals surface area contributed by atoms with Gasteiger partial charge in [0.1, 0.15) is 5.82 Å². The molecule has 0 aromatic carbocycles. The van der Waals surface area contributed by atoms with Crippen molar-refractivity contribution in [1.29, 1.82) is 0 Å². The highest BCUT2D eigenvalue weighted by Crippen LogP contribution is 2.28. The van der Waals surface area contributed by atoms with E-state index in [9.17, 15) is 4.79 Å². The molecule has 0 bridgehead atoms. The monoisotopic (exact) mass is 318 g/mol. The summed E-state index contributed by atoms with van der Waals surface area (Å²) in [5, 5.41) is 6.17. The predicted molar refractivity (Wildman–Crippen MR) is 89.7 cm³/mol. The van der Waals surface area contributed by atoms with E-state index in [4.69, 9.17) is 4.74 Å². The number of methoxy groups -OCH3 is 1. The van der Waals surface area contributed by atoms with Crippen LogP contribution >= 0.6 is 0 Å². The lowest BCUT2D eigenvalue weighted by molar-refractivity contribution is 0.0872. The Kier molecular flexibility index (Phi) is 5.13. The van der Waals surface area contributed by atoms with Crippen LogP contribution in [0, 0.1) is 0 Å². The number of likely N-dealkylation sites (tertiary alicyclic amines) is 1. The second-order valence-electron chi connectivity index (χ2n) is 6.40. The van der Waals surface area contributed by atoms with Crippen LogP contribution < -0.4 is 10.6 Å². The van der Waals surface area contributed by atoms with Gasteiger partial charge in [0.15, 0.2) is 0 Å². The fourth-order valence-electron chi connectivity index (χ4n) is 3.72. The van der Waals surface area contributed by atoms with Crippen molar-refractivity contribution in [2.24, 2.45) is 0 Å². The van der Waals surface area contributed by atoms with E-state index in [-0.39, 0.29) is 11.9 Å². The topological polar surface area (TPSA) is 66.5 Å². The zero-order chi connectivity index (χ0) is 16.2. The van der Waals surface area contributed by atoms with Gasteiger partial charge in [-0.2, -0.15) is 0 Å². The van der Waals surface area contributed by atoms with E-state index < -0.39 is 0 Å². The highest BCUT2D eigenvalue weighted by Gasteiger charge is 2.36. The van der Waals surface area contributed by atoms with Crippen molar-refractivity contribution >= 4 is 11.7 Å². The summed E-state index contributed by atoms with van der Waals surface area (Å²) >= 11 is 0. The fraction of sp³-hybridized carbons (Fsp3) is 0.647. The maximum Gasteiger partial charge on any atom is 0.253 e. The van der Waals surface area contributed by atoms with Crippen LogP contribution in [0.2, 0.25) is 0 Å². The van der Waals surface area contributed by atoms with Gasteiger partial charge < -0.3 is 15.4 Å². The van der Waals surface area contributed by atoms with Crippen LogP contribution in [0.15, 0.2) is 18.3 Å². The molecule has 2 aliphatic rings. The van der Waals surface area contributed by atoms with Crippen LogP contribution in [0.1, 0.15) is 36.0 Å². The van der Waals surface area contributed by atoms with Crippen LogP contribution in [-0.4, -0.2) is 61.2 Å². The smallest absolute Gasteiger partial charge is 0.253 e. The van der Waals surface area contributed by atoms with Crippen molar-refractivity contribution in [3.05, 3.63) is 23.9 Å². The molecule has 6 heteroatoms. The van der Waals surface area contributed by atoms with Gasteiger partial charge in [-0.3, -0.25) is 9.69 Å². The van der Waals surface area contributed by atoms with E-state index >= 15 is 0 Å². The Balaban J connectivity index is 1.60. The van der Waals surface area contributed by atoms with Crippen molar-refractivity contribution in [1.82, 2.24) is 15.2 Å². The molecule has 1 unspecified atom stereocenters. The third-order valence-corrected chi connectivity index (χ3v) is 5.06. The number of rotatable bonds is 5. The van der Waals surface area contributed by atoms with E-state index in [1.807, 2.05) is 19.2 Å². The summed E-state index contributed by atoms with van der Waals surface area (Å²) in [6.07, 6.45) is 6.42. The molecule has 0 radical (unpaired) electrons. The number of aromatic nitrogens is 1. The normalized spacial score (nSPS) is 28.0. The molecule has 2 N–H and O–H groups in total. The van der Waals surface area contributed by atoms with Crippen LogP contribution in [0.5, 0.6) is 0 Å². The minimum Gasteiger partial charge on any atom is -0.380 e. The molecule has 1 aromatic heterocycles. The first-order valence-electron chi connectivity index (χ1n) is 8.42. The minimum absolute atomic E-state index is 0.0282. The first kappa shape index (κ1) is 16.2. The summed E-state index contributed by atoms with van der Waals surface area (Å²) in [7, 11) is 3.60. The summed E-state index contributed by atoms with van der Waals surface area (Å²) in [5.74, 6) is 0.738. The Morgan fingerprint density at radius 2 is 2.22 bits per heavy atom. The Morgan fingerprint density at radius 3 is 2.87 bits per heavy atom. The van der Waals surface area contributed by atoms with Gasteiger partial charge >= 0.3 is 0 Å². The van der Waals surface area contributed by atoms with Gasteiger partial charge in [-0.25, -0.2) is 4.98 Å². The lowest BCUT2D eigenvalue weighted by atomic mass is 10.1. The molecule has 126 valence electrons. The Morgan fingerprint density at radius 1 is 1.35 bits per heavy atom. The number of nitrogens with one attached hydrogen (secondary N) is 2. The zero-order valence-corrected chi connectivity index (χ0v) is 13.9. The molecule has 1 amide bonds. The SMILES string of the molecule is CNc1ccc(C(=O)N[C@@H]2CCC[C@@H]2N2CCC(OC)C2)cn1. The van der Waals surface area contributed by atoms with Crippen LogP contribution in [0.3, 0.4) is 0 Å². The van der Waals surface area contributed by atoms with Gasteiger partial charge in [0.25, 0.3) is 5.91 Å². The van der Waals surface area contributed by atoms with Gasteiger partial charge in [0, 0.05) is 45.5 Å². The molecule has 2 fully saturated rings. The molecule has 1 aliphatic carbocycles. The molecule has 2 heterocycles. The van der Waals surface area contributed by atoms with E-state index in [1.165, 1.54) is 6.42 Å². The molecule has 1 saturated carbocycles. The Hall–Kier alpha value is -1.66. The van der Waals surface area contributed by atoms with Gasteiger partial charge in [-0.15, -0.1) is 0 Å². The summed E-state index contributed by atoms with van der Waals surface area (Å²) in [5.41, 5.74) is 0.617. The van der Waals surface area contributed by atoms with E-state index in [0.717, 1.165) is 38.2 Å². The third-order valence-electron chi connectivity index (χ3n) is 5.06. The number of pyridine rings is 1. The van der Waals surface area contributed by atoms with Gasteiger partial charge in [0.2, 0.25) is 0 Å². The molecule has 1 aromatic rings. The van der Waals surface area contributed by atoms with Crippen molar-refractivity contribution in [3.63, 3.8) is 0 Å². The molecule has 1 aliphatic heterocycles. The average molecular weight is 318 g/mol. The van der Waals surface area contributed by atoms with Crippen molar-refractivity contribution < 1.29 is 9.53 Å². The second kappa shape index (κ2) is 7.27. The first-order chi connectivity index (χ1) is 11.2. The fourth-order valence-corrected chi connectivity index (χ4v) is 3.72. The summed E-state index contributed by atoms with van der Waals surface area (Å²) in [4.78, 5) is 19.2. The number of hydrogen-bond donors (Lipinski definition) is 2. The average Bonchev–Trinajstić information content (AvgIpc) is 3.23. The van der Waals surface area contributed by atoms with Crippen molar-refractivity contribution in [2.45, 2.75) is 43.9 Å². The molecular formula is C17H26N4O2. The number of hydrogen-bond acceptors (Lipinski definition) is 5. The van der Waals surface area contributed by atoms with Gasteiger partial charge in [0.05, 0.1) is 11.7 Å². The van der Waals surface area contributed by atoms with E-state index in [0.29, 0.717) is 17.7 Å². The van der Waals surface area contributed by atoms with Gasteiger partial charge in [-0.05, 0) is 37.8 Å². The molecular weight excluding hydrogens is 292 g/mol. The standard InChI is InChI=1S/C17H26N4O2/c1-18-16-7-6-12(10-19-16)17(22)20-14-4-3-5-15(14)21-9-8-13(11-21)23-2/h6-7,10,13-15H,3-5,8-9,11H2,1-2H3,(H,18,19)(H,20,22)/t13?,14-,15+/m1/s1. The van der Waals surface area contributed by atoms with Gasteiger partial charge in [-0.1, -0.05) is 0 Å². The number of carbonyl (C=O) groups excluding carboxylic acids is 1. The maximum atomic E-state index is 12.5. The number of anilines is 1. The number of amides is 1. The van der Waals surface area contributed by atoms with E-state index in [1.54, 1.807) is 13.3 Å². The minimum atomic E-state index is -0.0282. The third kappa shape index (κ3) is 3.64. The molecule has 23 heavy (non-hydrogen) atoms. The van der Waals surface area contributed by atoms with Crippen LogP contribution in [0.4, 0.5) is 5.82 Å². The molecule has 6 nitrogen and oxygen atoms in total. The van der Waals surface area contributed by atoms with E-state index in [2.05, 4.69) is 20.5 Å². The quantitative estimate of drug-likeness (QED) is 0.861. The highest BCUT2D eigenvalue weighted by atomic mass is 16.5. The molecule has 1 saturated heterocycles. The largest absolute Gasteiger partial charge is 0.380 e. The van der Waals surface area contributed by atoms with Crippen LogP contribution in [-0.2, 0) is 4.74 Å². The maximum absolute atomic E-state index is 12.5. The zero-order valence-electron chi connectivity index (χ0n) is 13.9. The molecule has 3 atom stereocenters. The molecule has 0 spiro atoms. The number of ether oxygens (including phenoxy) is 1. The predicted octanol–water partition coefficient (Wildman–Crippen LogP) is 1.49. The van der Waals surface area contributed by atoms with Crippen molar-refractivity contribution in [2.75, 3.05) is 32.6 Å². The molecule has 3 rings (SSSR count). The lowest BCUT2D eigenvalue weighted by Crippen LogP contribution is -2.48. The number of carbonyl (C=O) groups is 1. The Labute approximate surface area is 137 Å². The lowest BCUT2D eigenvalue weighted by Gasteiger charge is -2.30. The Bertz CT molecular complexity index is 534. The highest BCUT2D eigenvalue weighted by molar-refractivity contribution is 5.94. The second-order valence-corrected chi connectivity index (χ2v) is 6.40. The van der Waals surface area contributed by atoms with Crippen LogP contribution in [0.25, 0.3) is 0 Å². The van der Waals surface area contributed by atoms with Crippen molar-refractivity contribution in [3.8, 4) is 0 Å². The number of nitrogens with zero attached hydrogens (tertiary/aromatic N) is 2. The first-order valence-corrected chi connectivity index (χ1v) is 8.42. The summed E-state index contributed by atoms with van der Waals surface area (Å²) < 4.78 is 5.47.